The highest BCUT2D eigenvalue weighted by molar-refractivity contribution is 5.41. The Morgan fingerprint density at radius 2 is 1.90 bits per heavy atom. The maximum absolute atomic E-state index is 5.51. The van der Waals surface area contributed by atoms with Crippen LogP contribution in [0.25, 0.3) is 0 Å². The van der Waals surface area contributed by atoms with Crippen LogP contribution in [0.15, 0.2) is 6.20 Å². The smallest absolute Gasteiger partial charge is 0.128 e. The van der Waals surface area contributed by atoms with Crippen molar-refractivity contribution in [2.45, 2.75) is 54.0 Å². The molecule has 0 aromatic carbocycles. The third-order valence-electron chi connectivity index (χ3n) is 4.20. The summed E-state index contributed by atoms with van der Waals surface area (Å²) in [6.45, 7) is 14.2. The number of aromatic nitrogens is 1. The molecule has 0 saturated carbocycles. The number of ether oxygens (including phenoxy) is 1. The van der Waals surface area contributed by atoms with Crippen LogP contribution in [0.1, 0.15) is 44.5 Å². The third kappa shape index (κ3) is 3.95. The summed E-state index contributed by atoms with van der Waals surface area (Å²) in [6, 6.07) is 0.494. The van der Waals surface area contributed by atoms with Crippen LogP contribution in [0.4, 0.5) is 0 Å². The first-order chi connectivity index (χ1) is 9.42. The number of hydrogen-bond donors (Lipinski definition) is 1. The van der Waals surface area contributed by atoms with Gasteiger partial charge in [-0.3, -0.25) is 4.98 Å². The maximum atomic E-state index is 5.51. The molecular formula is C17H30N2O. The van der Waals surface area contributed by atoms with Crippen LogP contribution in [0.3, 0.4) is 0 Å². The lowest BCUT2D eigenvalue weighted by atomic mass is 9.84. The number of hydrogen-bond acceptors (Lipinski definition) is 3. The van der Waals surface area contributed by atoms with E-state index in [1.807, 2.05) is 13.1 Å². The highest BCUT2D eigenvalue weighted by atomic mass is 16.5. The zero-order chi connectivity index (χ0) is 15.3. The Labute approximate surface area is 124 Å². The van der Waals surface area contributed by atoms with Crippen molar-refractivity contribution in [3.05, 3.63) is 23.0 Å². The lowest BCUT2D eigenvalue weighted by Gasteiger charge is -2.28. The van der Waals surface area contributed by atoms with Crippen molar-refractivity contribution in [1.82, 2.24) is 10.3 Å². The molecular weight excluding hydrogens is 248 g/mol. The first-order valence-corrected chi connectivity index (χ1v) is 7.64. The highest BCUT2D eigenvalue weighted by Crippen LogP contribution is 2.28. The molecule has 0 radical (unpaired) electrons. The number of pyridine rings is 1. The van der Waals surface area contributed by atoms with Crippen LogP contribution in [-0.2, 0) is 6.42 Å². The summed E-state index contributed by atoms with van der Waals surface area (Å²) in [6.07, 6.45) is 2.92. The quantitative estimate of drug-likeness (QED) is 0.828. The molecule has 0 amide bonds. The molecule has 0 saturated heterocycles. The Morgan fingerprint density at radius 3 is 2.40 bits per heavy atom. The summed E-state index contributed by atoms with van der Waals surface area (Å²) < 4.78 is 5.51. The number of rotatable bonds is 7. The molecule has 0 fully saturated rings. The topological polar surface area (TPSA) is 34.2 Å². The molecule has 1 heterocycles. The molecule has 1 aromatic rings. The van der Waals surface area contributed by atoms with Gasteiger partial charge in [0.15, 0.2) is 0 Å². The number of aryl methyl sites for hydroxylation is 1. The maximum Gasteiger partial charge on any atom is 0.128 e. The second-order valence-corrected chi connectivity index (χ2v) is 6.00. The van der Waals surface area contributed by atoms with Crippen molar-refractivity contribution >= 4 is 0 Å². The predicted molar refractivity (Wildman–Crippen MR) is 85.4 cm³/mol. The standard InChI is InChI=1S/C17H30N2O/c1-8-18-14(6)15(11(2)3)9-16-13(5)17(20-7)12(4)10-19-16/h10-11,14-15,18H,8-9H2,1-7H3. The lowest BCUT2D eigenvalue weighted by molar-refractivity contribution is 0.289. The van der Waals surface area contributed by atoms with Gasteiger partial charge in [0.1, 0.15) is 5.75 Å². The number of nitrogens with zero attached hydrogens (tertiary/aromatic N) is 1. The molecule has 2 unspecified atom stereocenters. The van der Waals surface area contributed by atoms with Gasteiger partial charge in [-0.15, -0.1) is 0 Å². The summed E-state index contributed by atoms with van der Waals surface area (Å²) in [7, 11) is 1.74. The Kier molecular flexibility index (Phi) is 6.47. The Balaban J connectivity index is 3.00. The van der Waals surface area contributed by atoms with E-state index in [-0.39, 0.29) is 0 Å². The van der Waals surface area contributed by atoms with E-state index in [0.717, 1.165) is 30.0 Å². The Morgan fingerprint density at radius 1 is 1.25 bits per heavy atom. The summed E-state index contributed by atoms with van der Waals surface area (Å²) in [5.41, 5.74) is 3.45. The fraction of sp³-hybridized carbons (Fsp3) is 0.706. The van der Waals surface area contributed by atoms with Gasteiger partial charge in [0, 0.05) is 29.1 Å². The van der Waals surface area contributed by atoms with Crippen molar-refractivity contribution in [3.63, 3.8) is 0 Å². The summed E-state index contributed by atoms with van der Waals surface area (Å²) in [5, 5.41) is 3.55. The molecule has 3 nitrogen and oxygen atoms in total. The van der Waals surface area contributed by atoms with Gasteiger partial charge in [0.05, 0.1) is 7.11 Å². The minimum Gasteiger partial charge on any atom is -0.496 e. The van der Waals surface area contributed by atoms with Gasteiger partial charge in [-0.2, -0.15) is 0 Å². The molecule has 0 bridgehead atoms. The molecule has 3 heteroatoms. The highest BCUT2D eigenvalue weighted by Gasteiger charge is 2.23. The fourth-order valence-corrected chi connectivity index (χ4v) is 2.96. The average Bonchev–Trinajstić information content (AvgIpc) is 2.38. The normalized spacial score (nSPS) is 14.4. The van der Waals surface area contributed by atoms with Crippen molar-refractivity contribution in [3.8, 4) is 5.75 Å². The van der Waals surface area contributed by atoms with Crippen LogP contribution >= 0.6 is 0 Å². The van der Waals surface area contributed by atoms with E-state index in [2.05, 4.69) is 44.9 Å². The third-order valence-corrected chi connectivity index (χ3v) is 4.20. The van der Waals surface area contributed by atoms with E-state index in [4.69, 9.17) is 4.74 Å². The Hall–Kier alpha value is -1.09. The van der Waals surface area contributed by atoms with Crippen molar-refractivity contribution in [2.24, 2.45) is 11.8 Å². The van der Waals surface area contributed by atoms with Gasteiger partial charge in [-0.1, -0.05) is 20.8 Å². The average molecular weight is 278 g/mol. The molecule has 20 heavy (non-hydrogen) atoms. The van der Waals surface area contributed by atoms with Crippen molar-refractivity contribution in [1.29, 1.82) is 0 Å². The minimum atomic E-state index is 0.494. The van der Waals surface area contributed by atoms with E-state index in [1.165, 1.54) is 5.56 Å². The first kappa shape index (κ1) is 17.0. The predicted octanol–water partition coefficient (Wildman–Crippen LogP) is 3.52. The molecule has 0 aliphatic carbocycles. The van der Waals surface area contributed by atoms with Gasteiger partial charge in [-0.05, 0) is 45.6 Å². The zero-order valence-electron chi connectivity index (χ0n) is 14.1. The fourth-order valence-electron chi connectivity index (χ4n) is 2.96. The van der Waals surface area contributed by atoms with E-state index >= 15 is 0 Å². The Bertz CT molecular complexity index is 429. The number of methoxy groups -OCH3 is 1. The van der Waals surface area contributed by atoms with E-state index in [1.54, 1.807) is 7.11 Å². The van der Waals surface area contributed by atoms with E-state index in [0.29, 0.717) is 17.9 Å². The lowest BCUT2D eigenvalue weighted by Crippen LogP contribution is -2.37. The van der Waals surface area contributed by atoms with E-state index < -0.39 is 0 Å². The molecule has 1 aromatic heterocycles. The first-order valence-electron chi connectivity index (χ1n) is 7.64. The minimum absolute atomic E-state index is 0.494. The molecule has 0 aliphatic rings. The van der Waals surface area contributed by atoms with Gasteiger partial charge >= 0.3 is 0 Å². The summed E-state index contributed by atoms with van der Waals surface area (Å²) in [5.74, 6) is 2.18. The molecule has 2 atom stereocenters. The largest absolute Gasteiger partial charge is 0.496 e. The zero-order valence-corrected chi connectivity index (χ0v) is 14.1. The molecule has 1 rings (SSSR count). The van der Waals surface area contributed by atoms with E-state index in [9.17, 15) is 0 Å². The van der Waals surface area contributed by atoms with Gasteiger partial charge in [0.25, 0.3) is 0 Å². The molecule has 0 aliphatic heterocycles. The van der Waals surface area contributed by atoms with Crippen LogP contribution in [-0.4, -0.2) is 24.7 Å². The van der Waals surface area contributed by atoms with Gasteiger partial charge < -0.3 is 10.1 Å². The van der Waals surface area contributed by atoms with Crippen LogP contribution < -0.4 is 10.1 Å². The van der Waals surface area contributed by atoms with Crippen LogP contribution in [0.5, 0.6) is 5.75 Å². The SMILES string of the molecule is CCNC(C)C(Cc1ncc(C)c(OC)c1C)C(C)C. The second kappa shape index (κ2) is 7.63. The molecule has 0 spiro atoms. The monoisotopic (exact) mass is 278 g/mol. The van der Waals surface area contributed by atoms with Crippen LogP contribution in [0, 0.1) is 25.7 Å². The summed E-state index contributed by atoms with van der Waals surface area (Å²) >= 11 is 0. The van der Waals surface area contributed by atoms with Gasteiger partial charge in [0.2, 0.25) is 0 Å². The summed E-state index contributed by atoms with van der Waals surface area (Å²) in [4.78, 5) is 4.64. The number of nitrogens with one attached hydrogen (secondary N) is 1. The van der Waals surface area contributed by atoms with Crippen LogP contribution in [0.2, 0.25) is 0 Å². The van der Waals surface area contributed by atoms with Crippen molar-refractivity contribution < 1.29 is 4.74 Å². The van der Waals surface area contributed by atoms with Gasteiger partial charge in [-0.25, -0.2) is 0 Å². The molecule has 114 valence electrons. The van der Waals surface area contributed by atoms with Crippen molar-refractivity contribution in [2.75, 3.05) is 13.7 Å². The molecule has 1 N–H and O–H groups in total. The second-order valence-electron chi connectivity index (χ2n) is 6.00.